The quantitative estimate of drug-likeness (QED) is 0.319. The van der Waals surface area contributed by atoms with Gasteiger partial charge in [0.1, 0.15) is 5.75 Å². The topological polar surface area (TPSA) is 48.9 Å². The number of thioether (sulfide) groups is 1. The van der Waals surface area contributed by atoms with Crippen molar-refractivity contribution in [3.63, 3.8) is 0 Å². The first-order valence-electron chi connectivity index (χ1n) is 9.44. The van der Waals surface area contributed by atoms with Gasteiger partial charge >= 0.3 is 0 Å². The van der Waals surface area contributed by atoms with Crippen LogP contribution in [0.25, 0.3) is 0 Å². The van der Waals surface area contributed by atoms with Gasteiger partial charge in [-0.25, -0.2) is 0 Å². The third-order valence-electron chi connectivity index (χ3n) is 4.78. The Morgan fingerprint density at radius 2 is 2.07 bits per heavy atom. The van der Waals surface area contributed by atoms with Crippen LogP contribution < -0.4 is 20.3 Å². The number of nitrogens with zero attached hydrogens (tertiary/aromatic N) is 2. The molecule has 27 heavy (non-hydrogen) atoms. The van der Waals surface area contributed by atoms with Gasteiger partial charge in [0.05, 0.1) is 19.3 Å². The zero-order chi connectivity index (χ0) is 19.0. The molecule has 7 heteroatoms. The number of rotatable bonds is 8. The van der Waals surface area contributed by atoms with E-state index in [1.807, 2.05) is 23.9 Å². The highest BCUT2D eigenvalue weighted by atomic mass is 127. The molecule has 2 rings (SSSR count). The standard InChI is InChI=1S/C20H34N4OS.HI/c1-6-21-19(23-15-20(2,3)26-5)22-13-16-11-12-24(14-16)17-9-7-8-10-18(17)25-4;/h7-10,16H,6,11-15H2,1-5H3,(H2,21,22,23);1H. The second kappa shape index (κ2) is 11.9. The molecule has 1 heterocycles. The van der Waals surface area contributed by atoms with Crippen molar-refractivity contribution in [2.24, 2.45) is 10.9 Å². The van der Waals surface area contributed by atoms with Crippen LogP contribution in [0.3, 0.4) is 0 Å². The lowest BCUT2D eigenvalue weighted by molar-refractivity contribution is 0.414. The second-order valence-corrected chi connectivity index (χ2v) is 8.83. The zero-order valence-electron chi connectivity index (χ0n) is 17.2. The van der Waals surface area contributed by atoms with E-state index in [1.54, 1.807) is 7.11 Å². The largest absolute Gasteiger partial charge is 0.495 e. The Morgan fingerprint density at radius 3 is 2.74 bits per heavy atom. The molecule has 0 saturated carbocycles. The van der Waals surface area contributed by atoms with Gasteiger partial charge in [-0.1, -0.05) is 12.1 Å². The average Bonchev–Trinajstić information content (AvgIpc) is 3.13. The van der Waals surface area contributed by atoms with Gasteiger partial charge in [-0.15, -0.1) is 24.0 Å². The highest BCUT2D eigenvalue weighted by Gasteiger charge is 2.24. The Hall–Kier alpha value is -0.830. The Bertz CT molecular complexity index is 597. The Morgan fingerprint density at radius 1 is 1.33 bits per heavy atom. The lowest BCUT2D eigenvalue weighted by atomic mass is 10.1. The van der Waals surface area contributed by atoms with E-state index >= 15 is 0 Å². The van der Waals surface area contributed by atoms with E-state index in [2.05, 4.69) is 54.7 Å². The smallest absolute Gasteiger partial charge is 0.191 e. The number of nitrogens with one attached hydrogen (secondary N) is 2. The number of ether oxygens (including phenoxy) is 1. The lowest BCUT2D eigenvalue weighted by Crippen LogP contribution is -2.41. The van der Waals surface area contributed by atoms with Gasteiger partial charge < -0.3 is 20.3 Å². The molecule has 154 valence electrons. The Balaban J connectivity index is 0.00000364. The first kappa shape index (κ1) is 24.2. The van der Waals surface area contributed by atoms with Gasteiger partial charge in [0.15, 0.2) is 5.96 Å². The van der Waals surface area contributed by atoms with Gasteiger partial charge in [-0.05, 0) is 51.5 Å². The molecule has 1 unspecified atom stereocenters. The number of para-hydroxylation sites is 2. The minimum Gasteiger partial charge on any atom is -0.495 e. The summed E-state index contributed by atoms with van der Waals surface area (Å²) in [6.45, 7) is 11.3. The molecule has 0 aromatic heterocycles. The number of anilines is 1. The van der Waals surface area contributed by atoms with Crippen molar-refractivity contribution in [2.45, 2.75) is 31.9 Å². The van der Waals surface area contributed by atoms with Gasteiger partial charge in [-0.3, -0.25) is 4.99 Å². The zero-order valence-corrected chi connectivity index (χ0v) is 20.4. The normalized spacial score (nSPS) is 17.4. The first-order chi connectivity index (χ1) is 12.5. The van der Waals surface area contributed by atoms with E-state index in [4.69, 9.17) is 9.73 Å². The van der Waals surface area contributed by atoms with E-state index in [-0.39, 0.29) is 28.7 Å². The third-order valence-corrected chi connectivity index (χ3v) is 6.02. The maximum absolute atomic E-state index is 5.51. The van der Waals surface area contributed by atoms with Crippen molar-refractivity contribution in [3.05, 3.63) is 24.3 Å². The lowest BCUT2D eigenvalue weighted by Gasteiger charge is -2.22. The van der Waals surface area contributed by atoms with E-state index in [9.17, 15) is 0 Å². The van der Waals surface area contributed by atoms with Crippen LogP contribution in [-0.4, -0.2) is 56.8 Å². The maximum Gasteiger partial charge on any atom is 0.191 e. The Labute approximate surface area is 186 Å². The maximum atomic E-state index is 5.51. The summed E-state index contributed by atoms with van der Waals surface area (Å²) < 4.78 is 5.67. The number of hydrogen-bond acceptors (Lipinski definition) is 4. The van der Waals surface area contributed by atoms with Crippen LogP contribution in [0.4, 0.5) is 5.69 Å². The van der Waals surface area contributed by atoms with Crippen LogP contribution in [0.15, 0.2) is 29.3 Å². The summed E-state index contributed by atoms with van der Waals surface area (Å²) in [7, 11) is 1.74. The fraction of sp³-hybridized carbons (Fsp3) is 0.650. The van der Waals surface area contributed by atoms with E-state index in [0.29, 0.717) is 5.92 Å². The third kappa shape index (κ3) is 7.60. The number of benzene rings is 1. The van der Waals surface area contributed by atoms with Crippen LogP contribution in [0, 0.1) is 5.92 Å². The summed E-state index contributed by atoms with van der Waals surface area (Å²) in [5.41, 5.74) is 1.19. The van der Waals surface area contributed by atoms with Gasteiger partial charge in [-0.2, -0.15) is 11.8 Å². The van der Waals surface area contributed by atoms with Gasteiger partial charge in [0.25, 0.3) is 0 Å². The molecule has 0 amide bonds. The van der Waals surface area contributed by atoms with Crippen LogP contribution in [0.5, 0.6) is 5.75 Å². The van der Waals surface area contributed by atoms with Crippen molar-refractivity contribution in [3.8, 4) is 5.75 Å². The molecule has 1 fully saturated rings. The molecule has 0 radical (unpaired) electrons. The second-order valence-electron chi connectivity index (χ2n) is 7.31. The minimum absolute atomic E-state index is 0. The van der Waals surface area contributed by atoms with Crippen molar-refractivity contribution in [1.29, 1.82) is 0 Å². The van der Waals surface area contributed by atoms with Gasteiger partial charge in [0, 0.05) is 30.9 Å². The van der Waals surface area contributed by atoms with Crippen LogP contribution in [0.2, 0.25) is 0 Å². The van der Waals surface area contributed by atoms with Gasteiger partial charge in [0.2, 0.25) is 0 Å². The number of aliphatic imine (C=N–C) groups is 1. The number of halogens is 1. The van der Waals surface area contributed by atoms with Crippen LogP contribution >= 0.6 is 35.7 Å². The molecule has 1 aromatic carbocycles. The average molecular weight is 506 g/mol. The molecule has 1 aliphatic heterocycles. The number of hydrogen-bond donors (Lipinski definition) is 2. The van der Waals surface area contributed by atoms with Crippen molar-refractivity contribution >= 4 is 47.4 Å². The fourth-order valence-electron chi connectivity index (χ4n) is 3.03. The predicted molar refractivity (Wildman–Crippen MR) is 130 cm³/mol. The van der Waals surface area contributed by atoms with Crippen LogP contribution in [0.1, 0.15) is 27.2 Å². The summed E-state index contributed by atoms with van der Waals surface area (Å²) in [6, 6.07) is 8.27. The molecular weight excluding hydrogens is 471 g/mol. The van der Waals surface area contributed by atoms with Crippen LogP contribution in [-0.2, 0) is 0 Å². The molecule has 0 bridgehead atoms. The van der Waals surface area contributed by atoms with E-state index in [0.717, 1.165) is 44.4 Å². The summed E-state index contributed by atoms with van der Waals surface area (Å²) in [5.74, 6) is 2.48. The molecule has 2 N–H and O–H groups in total. The van der Waals surface area contributed by atoms with E-state index in [1.165, 1.54) is 12.1 Å². The number of methoxy groups -OCH3 is 1. The minimum atomic E-state index is 0. The molecule has 5 nitrogen and oxygen atoms in total. The SMILES string of the molecule is CCNC(=NCC(C)(C)SC)NCC1CCN(c2ccccc2OC)C1.I. The fourth-order valence-corrected chi connectivity index (χ4v) is 3.22. The summed E-state index contributed by atoms with van der Waals surface area (Å²) in [4.78, 5) is 7.18. The molecule has 0 spiro atoms. The number of guanidine groups is 1. The van der Waals surface area contributed by atoms with E-state index < -0.39 is 0 Å². The molecular formula is C20H35IN4OS. The van der Waals surface area contributed by atoms with Crippen molar-refractivity contribution in [2.75, 3.05) is 51.0 Å². The molecule has 1 saturated heterocycles. The van der Waals surface area contributed by atoms with Crippen molar-refractivity contribution in [1.82, 2.24) is 10.6 Å². The first-order valence-corrected chi connectivity index (χ1v) is 10.7. The van der Waals surface area contributed by atoms with Crippen molar-refractivity contribution < 1.29 is 4.74 Å². The molecule has 1 aromatic rings. The summed E-state index contributed by atoms with van der Waals surface area (Å²) in [5, 5.41) is 6.89. The molecule has 0 aliphatic carbocycles. The highest BCUT2D eigenvalue weighted by Crippen LogP contribution is 2.31. The highest BCUT2D eigenvalue weighted by molar-refractivity contribution is 14.0. The predicted octanol–water partition coefficient (Wildman–Crippen LogP) is 3.84. The summed E-state index contributed by atoms with van der Waals surface area (Å²) in [6.07, 6.45) is 3.32. The Kier molecular flexibility index (Phi) is 10.7. The molecule has 1 atom stereocenters. The monoisotopic (exact) mass is 506 g/mol. The summed E-state index contributed by atoms with van der Waals surface area (Å²) >= 11 is 1.85. The molecule has 1 aliphatic rings.